The molecular weight excluding hydrogens is 367 g/mol. The summed E-state index contributed by atoms with van der Waals surface area (Å²) in [7, 11) is 0. The number of hydrogen-bond acceptors (Lipinski definition) is 5. The number of pyridine rings is 1. The summed E-state index contributed by atoms with van der Waals surface area (Å²) < 4.78 is 14.8. The molecule has 3 rings (SSSR count). The molecule has 0 aromatic carbocycles. The maximum Gasteiger partial charge on any atom is 0.224 e. The number of halogens is 1. The van der Waals surface area contributed by atoms with E-state index in [1.54, 1.807) is 6.20 Å². The molecule has 2 N–H and O–H groups in total. The molecule has 3 aromatic heterocycles. The lowest BCUT2D eigenvalue weighted by Gasteiger charge is -2.23. The van der Waals surface area contributed by atoms with E-state index in [2.05, 4.69) is 25.3 Å². The molecule has 3 aromatic rings. The van der Waals surface area contributed by atoms with Crippen molar-refractivity contribution in [3.05, 3.63) is 30.2 Å². The third-order valence-corrected chi connectivity index (χ3v) is 5.01. The molecule has 0 spiro atoms. The lowest BCUT2D eigenvalue weighted by molar-refractivity contribution is 0.158. The van der Waals surface area contributed by atoms with Crippen LogP contribution in [0.25, 0.3) is 22.3 Å². The number of aryl methyl sites for hydroxylation is 1. The van der Waals surface area contributed by atoms with Gasteiger partial charge in [0.2, 0.25) is 5.95 Å². The van der Waals surface area contributed by atoms with Crippen LogP contribution in [0.3, 0.4) is 0 Å². The van der Waals surface area contributed by atoms with Crippen molar-refractivity contribution in [2.45, 2.75) is 59.5 Å². The molecule has 0 saturated heterocycles. The van der Waals surface area contributed by atoms with Crippen LogP contribution in [0.1, 0.15) is 52.7 Å². The van der Waals surface area contributed by atoms with Gasteiger partial charge in [-0.2, -0.15) is 4.98 Å². The van der Waals surface area contributed by atoms with E-state index in [0.29, 0.717) is 24.4 Å². The molecule has 0 radical (unpaired) electrons. The Balaban J connectivity index is 1.84. The fraction of sp³-hybridized carbons (Fsp3) is 0.455. The fourth-order valence-corrected chi connectivity index (χ4v) is 3.34. The Morgan fingerprint density at radius 3 is 2.69 bits per heavy atom. The zero-order valence-corrected chi connectivity index (χ0v) is 17.8. The second kappa shape index (κ2) is 8.68. The van der Waals surface area contributed by atoms with Gasteiger partial charge in [-0.15, -0.1) is 0 Å². The number of H-pyrrole nitrogens is 1. The van der Waals surface area contributed by atoms with E-state index in [1.807, 2.05) is 52.9 Å². The summed E-state index contributed by atoms with van der Waals surface area (Å²) in [6.07, 6.45) is 5.42. The van der Waals surface area contributed by atoms with Crippen LogP contribution in [0.5, 0.6) is 0 Å². The van der Waals surface area contributed by atoms with Gasteiger partial charge in [0, 0.05) is 29.1 Å². The molecule has 0 aliphatic carbocycles. The predicted octanol–water partition coefficient (Wildman–Crippen LogP) is 5.77. The van der Waals surface area contributed by atoms with Crippen molar-refractivity contribution in [1.29, 1.82) is 0 Å². The van der Waals surface area contributed by atoms with Gasteiger partial charge in [0.05, 0.1) is 23.6 Å². The molecule has 0 amide bonds. The third-order valence-electron chi connectivity index (χ3n) is 5.01. The van der Waals surface area contributed by atoms with Crippen LogP contribution < -0.4 is 5.32 Å². The number of rotatable bonds is 8. The van der Waals surface area contributed by atoms with E-state index < -0.39 is 5.67 Å². The average molecular weight is 397 g/mol. The summed E-state index contributed by atoms with van der Waals surface area (Å²) in [5.74, 6) is 0.421. The van der Waals surface area contributed by atoms with E-state index >= 15 is 0 Å². The number of nitrogens with zero attached hydrogens (tertiary/aromatic N) is 4. The molecule has 1 atom stereocenters. The van der Waals surface area contributed by atoms with Crippen molar-refractivity contribution in [2.24, 2.45) is 4.99 Å². The zero-order valence-electron chi connectivity index (χ0n) is 17.8. The van der Waals surface area contributed by atoms with Gasteiger partial charge in [0.1, 0.15) is 11.3 Å². The van der Waals surface area contributed by atoms with Crippen molar-refractivity contribution in [2.75, 3.05) is 11.9 Å². The molecule has 0 fully saturated rings. The Hall–Kier alpha value is -2.83. The Labute approximate surface area is 171 Å². The highest BCUT2D eigenvalue weighted by atomic mass is 19.1. The summed E-state index contributed by atoms with van der Waals surface area (Å²) in [5, 5.41) is 3.93. The van der Waals surface area contributed by atoms with E-state index in [1.165, 1.54) is 0 Å². The van der Waals surface area contributed by atoms with Gasteiger partial charge in [0.25, 0.3) is 0 Å². The lowest BCUT2D eigenvalue weighted by Crippen LogP contribution is -2.31. The molecule has 29 heavy (non-hydrogen) atoms. The molecule has 0 saturated carbocycles. The Bertz CT molecular complexity index is 1020. The minimum absolute atomic E-state index is 0.204. The number of aliphatic imine (C=N–C) groups is 1. The van der Waals surface area contributed by atoms with Crippen LogP contribution in [0.15, 0.2) is 29.5 Å². The largest absolute Gasteiger partial charge is 0.351 e. The average Bonchev–Trinajstić information content (AvgIpc) is 3.11. The molecular formula is C22H29FN6. The summed E-state index contributed by atoms with van der Waals surface area (Å²) in [6, 6.07) is 3.92. The van der Waals surface area contributed by atoms with Crippen LogP contribution in [-0.2, 0) is 0 Å². The number of fused-ring (bicyclic) bond motifs is 1. The number of aromatic nitrogens is 4. The van der Waals surface area contributed by atoms with Gasteiger partial charge in [-0.1, -0.05) is 20.3 Å². The fourth-order valence-electron chi connectivity index (χ4n) is 3.34. The maximum absolute atomic E-state index is 14.8. The van der Waals surface area contributed by atoms with Crippen molar-refractivity contribution >= 4 is 28.4 Å². The standard InChI is InChI=1S/C22H29FN6/c1-6-10-22(23,7-2)13-26-21-25-12-17-16(11-24-20(17)29-21)19-9-8-18(15(5)28-19)27-14(3)4/h8-9,11-12H,6-7,10,13H2,1-5H3,(H2,24,25,26,29). The smallest absolute Gasteiger partial charge is 0.224 e. The molecule has 6 nitrogen and oxygen atoms in total. The van der Waals surface area contributed by atoms with Crippen LogP contribution in [0.4, 0.5) is 16.0 Å². The van der Waals surface area contributed by atoms with E-state index in [0.717, 1.165) is 40.2 Å². The van der Waals surface area contributed by atoms with Crippen LogP contribution in [0.2, 0.25) is 0 Å². The predicted molar refractivity (Wildman–Crippen MR) is 118 cm³/mol. The summed E-state index contributed by atoms with van der Waals surface area (Å²) >= 11 is 0. The highest BCUT2D eigenvalue weighted by Gasteiger charge is 2.26. The first-order valence-corrected chi connectivity index (χ1v) is 10.1. The van der Waals surface area contributed by atoms with Gasteiger partial charge in [0.15, 0.2) is 0 Å². The minimum atomic E-state index is -1.24. The number of anilines is 1. The van der Waals surface area contributed by atoms with E-state index in [4.69, 9.17) is 4.98 Å². The monoisotopic (exact) mass is 396 g/mol. The number of hydrogen-bond donors (Lipinski definition) is 2. The van der Waals surface area contributed by atoms with Gasteiger partial charge < -0.3 is 10.3 Å². The molecule has 154 valence electrons. The molecule has 0 aliphatic heterocycles. The summed E-state index contributed by atoms with van der Waals surface area (Å²) in [4.78, 5) is 21.3. The zero-order chi connectivity index (χ0) is 21.0. The Morgan fingerprint density at radius 2 is 2.03 bits per heavy atom. The van der Waals surface area contributed by atoms with Crippen LogP contribution in [0, 0.1) is 6.92 Å². The number of alkyl halides is 1. The van der Waals surface area contributed by atoms with Gasteiger partial charge >= 0.3 is 0 Å². The highest BCUT2D eigenvalue weighted by Crippen LogP contribution is 2.29. The van der Waals surface area contributed by atoms with E-state index in [-0.39, 0.29) is 6.54 Å². The second-order valence-corrected chi connectivity index (χ2v) is 7.63. The molecule has 7 heteroatoms. The molecule has 3 heterocycles. The maximum atomic E-state index is 14.8. The van der Waals surface area contributed by atoms with Crippen molar-refractivity contribution < 1.29 is 4.39 Å². The highest BCUT2D eigenvalue weighted by molar-refractivity contribution is 5.92. The molecule has 1 unspecified atom stereocenters. The second-order valence-electron chi connectivity index (χ2n) is 7.63. The van der Waals surface area contributed by atoms with Crippen molar-refractivity contribution in [1.82, 2.24) is 19.9 Å². The van der Waals surface area contributed by atoms with Crippen LogP contribution in [-0.4, -0.2) is 37.9 Å². The summed E-state index contributed by atoms with van der Waals surface area (Å²) in [6.45, 7) is 9.94. The van der Waals surface area contributed by atoms with E-state index in [9.17, 15) is 4.39 Å². The first-order valence-electron chi connectivity index (χ1n) is 10.1. The molecule has 0 aliphatic rings. The Kier molecular flexibility index (Phi) is 6.25. The SMILES string of the molecule is CCCC(F)(CC)CNc1ncc2c(-c3ccc(N=C(C)C)c(C)n3)c[nH]c2n1. The van der Waals surface area contributed by atoms with Crippen molar-refractivity contribution in [3.63, 3.8) is 0 Å². The normalized spacial score (nSPS) is 13.3. The van der Waals surface area contributed by atoms with Gasteiger partial charge in [-0.3, -0.25) is 9.98 Å². The Morgan fingerprint density at radius 1 is 1.24 bits per heavy atom. The van der Waals surface area contributed by atoms with Gasteiger partial charge in [-0.25, -0.2) is 9.37 Å². The topological polar surface area (TPSA) is 78.9 Å². The molecule has 0 bridgehead atoms. The minimum Gasteiger partial charge on any atom is -0.351 e. The summed E-state index contributed by atoms with van der Waals surface area (Å²) in [5.41, 5.74) is 3.94. The first-order chi connectivity index (χ1) is 13.8. The van der Waals surface area contributed by atoms with Crippen molar-refractivity contribution in [3.8, 4) is 11.3 Å². The number of aromatic amines is 1. The first kappa shape index (κ1) is 20.9. The van der Waals surface area contributed by atoms with Crippen LogP contribution >= 0.6 is 0 Å². The van der Waals surface area contributed by atoms with Gasteiger partial charge in [-0.05, 0) is 45.7 Å². The number of nitrogens with one attached hydrogen (secondary N) is 2. The lowest BCUT2D eigenvalue weighted by atomic mass is 9.97. The third kappa shape index (κ3) is 4.78. The quantitative estimate of drug-likeness (QED) is 0.474.